The molecule has 2 aliphatic heterocycles. The second-order valence-corrected chi connectivity index (χ2v) is 6.54. The van der Waals surface area contributed by atoms with E-state index in [-0.39, 0.29) is 31.5 Å². The van der Waals surface area contributed by atoms with Crippen molar-refractivity contribution in [1.82, 2.24) is 25.8 Å². The van der Waals surface area contributed by atoms with Crippen molar-refractivity contribution in [3.8, 4) is 0 Å². The molecule has 10 nitrogen and oxygen atoms in total. The summed E-state index contributed by atoms with van der Waals surface area (Å²) in [5.41, 5.74) is 0. The van der Waals surface area contributed by atoms with E-state index in [2.05, 4.69) is 20.9 Å². The number of hydrogen-bond acceptors (Lipinski definition) is 6. The fourth-order valence-corrected chi connectivity index (χ4v) is 2.74. The van der Waals surface area contributed by atoms with E-state index in [1.54, 1.807) is 6.92 Å². The second kappa shape index (κ2) is 11.9. The zero-order valence-electron chi connectivity index (χ0n) is 17.5. The van der Waals surface area contributed by atoms with Crippen molar-refractivity contribution in [2.45, 2.75) is 46.2 Å². The summed E-state index contributed by atoms with van der Waals surface area (Å²) in [6, 6.07) is -0.613. The molecule has 0 aromatic rings. The topological polar surface area (TPSA) is 128 Å². The lowest BCUT2D eigenvalue weighted by Crippen LogP contribution is -2.61. The highest BCUT2D eigenvalue weighted by atomic mass is 16.2. The van der Waals surface area contributed by atoms with Crippen LogP contribution in [0, 0.1) is 0 Å². The highest BCUT2D eigenvalue weighted by Crippen LogP contribution is 2.06. The summed E-state index contributed by atoms with van der Waals surface area (Å²) in [4.78, 5) is 61.5. The van der Waals surface area contributed by atoms with E-state index in [4.69, 9.17) is 0 Å². The number of carbonyl (C=O) groups is 5. The average molecular weight is 409 g/mol. The summed E-state index contributed by atoms with van der Waals surface area (Å²) in [5.74, 6) is -2.15. The molecule has 1 saturated heterocycles. The van der Waals surface area contributed by atoms with Crippen molar-refractivity contribution in [2.75, 3.05) is 32.7 Å². The molecule has 10 heteroatoms. The van der Waals surface area contributed by atoms with Crippen molar-refractivity contribution in [3.05, 3.63) is 12.2 Å². The smallest absolute Gasteiger partial charge is 0.253 e. The number of nitrogens with one attached hydrogen (secondary N) is 3. The molecule has 5 amide bonds. The molecule has 0 saturated carbocycles. The summed E-state index contributed by atoms with van der Waals surface area (Å²) in [6.45, 7) is 9.83. The van der Waals surface area contributed by atoms with E-state index in [0.29, 0.717) is 0 Å². The Bertz CT molecular complexity index is 639. The van der Waals surface area contributed by atoms with Gasteiger partial charge >= 0.3 is 0 Å². The minimum Gasteiger partial charge on any atom is -0.349 e. The maximum absolute atomic E-state index is 12.0. The number of carbonyl (C=O) groups excluding carboxylic acids is 5. The summed E-state index contributed by atoms with van der Waals surface area (Å²) in [6.07, 6.45) is 2.19. The molecule has 0 bridgehead atoms. The molecule has 0 aromatic carbocycles. The van der Waals surface area contributed by atoms with Gasteiger partial charge in [-0.05, 0) is 13.5 Å². The predicted molar refractivity (Wildman–Crippen MR) is 106 cm³/mol. The number of likely N-dealkylation sites (tertiary alicyclic amines) is 1. The Kier molecular flexibility index (Phi) is 10.0. The third-order valence-electron chi connectivity index (χ3n) is 4.43. The lowest BCUT2D eigenvalue weighted by molar-refractivity contribution is -0.137. The Hall–Kier alpha value is -2.75. The molecule has 162 valence electrons. The normalized spacial score (nSPS) is 17.2. The van der Waals surface area contributed by atoms with E-state index >= 15 is 0 Å². The average Bonchev–Trinajstić information content (AvgIpc) is 2.99. The number of nitrogens with zero attached hydrogens (tertiary/aromatic N) is 2. The molecule has 0 radical (unpaired) electrons. The van der Waals surface area contributed by atoms with Crippen molar-refractivity contribution in [1.29, 1.82) is 0 Å². The molecule has 0 spiro atoms. The van der Waals surface area contributed by atoms with Gasteiger partial charge in [0.15, 0.2) is 0 Å². The van der Waals surface area contributed by atoms with Crippen molar-refractivity contribution in [2.24, 2.45) is 0 Å². The molecule has 2 heterocycles. The van der Waals surface area contributed by atoms with Gasteiger partial charge in [-0.1, -0.05) is 20.8 Å². The quantitative estimate of drug-likeness (QED) is 0.409. The Labute approximate surface area is 171 Å². The molecule has 3 N–H and O–H groups in total. The lowest BCUT2D eigenvalue weighted by Gasteiger charge is -2.39. The maximum Gasteiger partial charge on any atom is 0.253 e. The monoisotopic (exact) mass is 409 g/mol. The van der Waals surface area contributed by atoms with Gasteiger partial charge in [0.2, 0.25) is 17.7 Å². The molecule has 2 aliphatic rings. The highest BCUT2D eigenvalue weighted by molar-refractivity contribution is 6.13. The zero-order valence-corrected chi connectivity index (χ0v) is 17.5. The van der Waals surface area contributed by atoms with Crippen LogP contribution < -0.4 is 16.0 Å². The van der Waals surface area contributed by atoms with E-state index in [1.807, 2.05) is 20.8 Å². The molecule has 1 fully saturated rings. The number of amides is 5. The van der Waals surface area contributed by atoms with Crippen LogP contribution >= 0.6 is 0 Å². The van der Waals surface area contributed by atoms with Gasteiger partial charge in [0, 0.05) is 38.2 Å². The van der Waals surface area contributed by atoms with Crippen molar-refractivity contribution >= 4 is 29.5 Å². The molecule has 1 unspecified atom stereocenters. The van der Waals surface area contributed by atoms with Crippen molar-refractivity contribution in [3.63, 3.8) is 0 Å². The first-order chi connectivity index (χ1) is 13.8. The minimum absolute atomic E-state index is 0.0485. The highest BCUT2D eigenvalue weighted by Gasteiger charge is 2.28. The molecule has 29 heavy (non-hydrogen) atoms. The number of hydrogen-bond donors (Lipinski definition) is 3. The molecular formula is C19H31N5O5. The first-order valence-corrected chi connectivity index (χ1v) is 9.92. The molecule has 0 aromatic heterocycles. The van der Waals surface area contributed by atoms with Crippen LogP contribution in [-0.2, 0) is 24.0 Å². The Morgan fingerprint density at radius 1 is 1.10 bits per heavy atom. The van der Waals surface area contributed by atoms with Gasteiger partial charge in [-0.2, -0.15) is 0 Å². The second-order valence-electron chi connectivity index (χ2n) is 6.54. The van der Waals surface area contributed by atoms with E-state index in [9.17, 15) is 24.0 Å². The Morgan fingerprint density at radius 3 is 2.24 bits per heavy atom. The summed E-state index contributed by atoms with van der Waals surface area (Å²) in [7, 11) is 0. The van der Waals surface area contributed by atoms with Gasteiger partial charge in [-0.15, -0.1) is 0 Å². The van der Waals surface area contributed by atoms with Gasteiger partial charge in [0.1, 0.15) is 6.04 Å². The molecule has 0 aliphatic carbocycles. The standard InChI is InChI=1S/C17H25N5O5.C2H6/c1-3-21-9-12(10-21)20-17(27)11(2)19-14(24)8-18-13(23)6-7-22-15(25)4-5-16(22)26;1-2/h4-5,11-12H,3,6-10H2,1-2H3,(H,18,23)(H,19,24)(H,20,27);1-2H3. The minimum atomic E-state index is -0.712. The van der Waals surface area contributed by atoms with Crippen molar-refractivity contribution < 1.29 is 24.0 Å². The summed E-state index contributed by atoms with van der Waals surface area (Å²) >= 11 is 0. The lowest BCUT2D eigenvalue weighted by atomic mass is 10.1. The third-order valence-corrected chi connectivity index (χ3v) is 4.43. The van der Waals surface area contributed by atoms with E-state index in [0.717, 1.165) is 36.7 Å². The Balaban J connectivity index is 0.00000204. The van der Waals surface area contributed by atoms with E-state index in [1.165, 1.54) is 0 Å². The molecular weight excluding hydrogens is 378 g/mol. The zero-order chi connectivity index (χ0) is 22.0. The van der Waals surface area contributed by atoms with Crippen LogP contribution in [0.25, 0.3) is 0 Å². The van der Waals surface area contributed by atoms with Gasteiger partial charge in [-0.25, -0.2) is 0 Å². The number of imide groups is 1. The largest absolute Gasteiger partial charge is 0.349 e. The van der Waals surface area contributed by atoms with Crippen LogP contribution in [0.1, 0.15) is 34.1 Å². The van der Waals surface area contributed by atoms with E-state index < -0.39 is 29.7 Å². The maximum atomic E-state index is 12.0. The first kappa shape index (κ1) is 24.3. The number of rotatable bonds is 9. The SMILES string of the molecule is CC.CCN1CC(NC(=O)C(C)NC(=O)CNC(=O)CCN2C(=O)C=CC2=O)C1. The van der Waals surface area contributed by atoms with Crippen LogP contribution in [0.5, 0.6) is 0 Å². The van der Waals surface area contributed by atoms with Crippen LogP contribution in [0.2, 0.25) is 0 Å². The predicted octanol–water partition coefficient (Wildman–Crippen LogP) is -1.23. The summed E-state index contributed by atoms with van der Waals surface area (Å²) in [5, 5.41) is 7.77. The van der Waals surface area contributed by atoms with Crippen LogP contribution in [-0.4, -0.2) is 84.1 Å². The fraction of sp³-hybridized carbons (Fsp3) is 0.632. The molecule has 2 rings (SSSR count). The molecule has 1 atom stereocenters. The fourth-order valence-electron chi connectivity index (χ4n) is 2.74. The van der Waals surface area contributed by atoms with Crippen LogP contribution in [0.15, 0.2) is 12.2 Å². The summed E-state index contributed by atoms with van der Waals surface area (Å²) < 4.78 is 0. The third kappa shape index (κ3) is 7.65. The van der Waals surface area contributed by atoms with Gasteiger partial charge in [-0.3, -0.25) is 33.8 Å². The van der Waals surface area contributed by atoms with Gasteiger partial charge in [0.25, 0.3) is 11.8 Å². The first-order valence-electron chi connectivity index (χ1n) is 9.92. The van der Waals surface area contributed by atoms with Gasteiger partial charge in [0.05, 0.1) is 12.6 Å². The van der Waals surface area contributed by atoms with Crippen LogP contribution in [0.4, 0.5) is 0 Å². The Morgan fingerprint density at radius 2 is 1.69 bits per heavy atom. The number of likely N-dealkylation sites (N-methyl/N-ethyl adjacent to an activating group) is 1. The van der Waals surface area contributed by atoms with Gasteiger partial charge < -0.3 is 16.0 Å². The van der Waals surface area contributed by atoms with Crippen LogP contribution in [0.3, 0.4) is 0 Å².